The number of nitrogens with one attached hydrogen (secondary N) is 1. The highest BCUT2D eigenvalue weighted by atomic mass is 16.5. The van der Waals surface area contributed by atoms with Crippen LogP contribution in [0.2, 0.25) is 0 Å². The van der Waals surface area contributed by atoms with Crippen LogP contribution in [0.4, 0.5) is 0 Å². The lowest BCUT2D eigenvalue weighted by Gasteiger charge is -2.30. The first kappa shape index (κ1) is 19.4. The molecule has 2 aromatic carbocycles. The number of para-hydroxylation sites is 1. The molecule has 1 heterocycles. The number of rotatable bonds is 8. The van der Waals surface area contributed by atoms with Crippen LogP contribution in [-0.4, -0.2) is 36.0 Å². The lowest BCUT2D eigenvalue weighted by Crippen LogP contribution is -2.46. The quantitative estimate of drug-likeness (QED) is 0.770. The highest BCUT2D eigenvalue weighted by Crippen LogP contribution is 2.18. The number of aryl methyl sites for hydroxylation is 1. The smallest absolute Gasteiger partial charge is 0.263 e. The van der Waals surface area contributed by atoms with Gasteiger partial charge in [0.15, 0.2) is 6.10 Å². The summed E-state index contributed by atoms with van der Waals surface area (Å²) >= 11 is 0. The fourth-order valence-electron chi connectivity index (χ4n) is 3.62. The van der Waals surface area contributed by atoms with E-state index in [1.54, 1.807) is 0 Å². The normalized spacial score (nSPS) is 17.5. The maximum Gasteiger partial charge on any atom is 0.263 e. The largest absolute Gasteiger partial charge is 0.481 e. The van der Waals surface area contributed by atoms with Gasteiger partial charge in [-0.1, -0.05) is 55.0 Å². The molecule has 2 aromatic rings. The SMILES string of the molecule is CCC(Oc1ccccc1)C(=O)N(Cc1cccc(C)c1)C[C@H]1CCCN1. The maximum absolute atomic E-state index is 13.3. The average molecular weight is 367 g/mol. The lowest BCUT2D eigenvalue weighted by atomic mass is 10.1. The van der Waals surface area contributed by atoms with Crippen molar-refractivity contribution in [3.63, 3.8) is 0 Å². The molecule has 0 aromatic heterocycles. The minimum atomic E-state index is -0.460. The summed E-state index contributed by atoms with van der Waals surface area (Å²) < 4.78 is 6.02. The number of benzene rings is 2. The van der Waals surface area contributed by atoms with Gasteiger partial charge in [-0.05, 0) is 50.4 Å². The molecule has 0 radical (unpaired) electrons. The van der Waals surface area contributed by atoms with Crippen LogP contribution in [0.1, 0.15) is 37.3 Å². The lowest BCUT2D eigenvalue weighted by molar-refractivity contribution is -0.139. The topological polar surface area (TPSA) is 41.6 Å². The van der Waals surface area contributed by atoms with Gasteiger partial charge < -0.3 is 15.0 Å². The molecule has 1 saturated heterocycles. The molecule has 1 amide bonds. The molecule has 2 atom stereocenters. The predicted octanol–water partition coefficient (Wildman–Crippen LogP) is 3.93. The van der Waals surface area contributed by atoms with Crippen molar-refractivity contribution in [2.75, 3.05) is 13.1 Å². The Kier molecular flexibility index (Phi) is 6.88. The summed E-state index contributed by atoms with van der Waals surface area (Å²) in [5.41, 5.74) is 2.38. The third kappa shape index (κ3) is 5.57. The van der Waals surface area contributed by atoms with Gasteiger partial charge in [0.25, 0.3) is 5.91 Å². The van der Waals surface area contributed by atoms with Crippen LogP contribution in [0.3, 0.4) is 0 Å². The molecule has 1 N–H and O–H groups in total. The Morgan fingerprint density at radius 2 is 2.04 bits per heavy atom. The first-order valence-corrected chi connectivity index (χ1v) is 9.95. The predicted molar refractivity (Wildman–Crippen MR) is 109 cm³/mol. The summed E-state index contributed by atoms with van der Waals surface area (Å²) in [5.74, 6) is 0.809. The molecule has 1 unspecified atom stereocenters. The van der Waals surface area contributed by atoms with Crippen molar-refractivity contribution in [1.29, 1.82) is 0 Å². The van der Waals surface area contributed by atoms with E-state index in [1.807, 2.05) is 42.2 Å². The van der Waals surface area contributed by atoms with Crippen molar-refractivity contribution in [2.24, 2.45) is 0 Å². The van der Waals surface area contributed by atoms with Crippen LogP contribution in [0.25, 0.3) is 0 Å². The molecule has 0 aliphatic carbocycles. The number of hydrogen-bond acceptors (Lipinski definition) is 3. The van der Waals surface area contributed by atoms with E-state index in [-0.39, 0.29) is 5.91 Å². The third-order valence-electron chi connectivity index (χ3n) is 5.04. The van der Waals surface area contributed by atoms with E-state index in [0.717, 1.165) is 30.8 Å². The summed E-state index contributed by atoms with van der Waals surface area (Å²) in [4.78, 5) is 15.3. The van der Waals surface area contributed by atoms with Gasteiger partial charge in [0.05, 0.1) is 0 Å². The zero-order valence-corrected chi connectivity index (χ0v) is 16.4. The molecular weight excluding hydrogens is 336 g/mol. The molecule has 4 nitrogen and oxygen atoms in total. The zero-order valence-electron chi connectivity index (χ0n) is 16.4. The van der Waals surface area contributed by atoms with Gasteiger partial charge in [-0.15, -0.1) is 0 Å². The van der Waals surface area contributed by atoms with E-state index < -0.39 is 6.10 Å². The summed E-state index contributed by atoms with van der Waals surface area (Å²) in [7, 11) is 0. The second-order valence-corrected chi connectivity index (χ2v) is 7.33. The number of ether oxygens (including phenoxy) is 1. The molecule has 1 fully saturated rings. The Bertz CT molecular complexity index is 726. The molecule has 0 spiro atoms. The van der Waals surface area contributed by atoms with Crippen LogP contribution >= 0.6 is 0 Å². The molecule has 1 aliphatic heterocycles. The average Bonchev–Trinajstić information content (AvgIpc) is 3.19. The summed E-state index contributed by atoms with van der Waals surface area (Å²) in [6, 6.07) is 18.4. The Morgan fingerprint density at radius 3 is 2.70 bits per heavy atom. The highest BCUT2D eigenvalue weighted by molar-refractivity contribution is 5.81. The van der Waals surface area contributed by atoms with Gasteiger partial charge in [-0.2, -0.15) is 0 Å². The Hall–Kier alpha value is -2.33. The second-order valence-electron chi connectivity index (χ2n) is 7.33. The van der Waals surface area contributed by atoms with Crippen LogP contribution < -0.4 is 10.1 Å². The van der Waals surface area contributed by atoms with E-state index >= 15 is 0 Å². The number of amides is 1. The minimum absolute atomic E-state index is 0.0663. The first-order valence-electron chi connectivity index (χ1n) is 9.95. The van der Waals surface area contributed by atoms with Gasteiger partial charge in [0, 0.05) is 19.1 Å². The molecular formula is C23H30N2O2. The molecule has 4 heteroatoms. The summed E-state index contributed by atoms with van der Waals surface area (Å²) in [6.45, 7) is 6.47. The highest BCUT2D eigenvalue weighted by Gasteiger charge is 2.28. The monoisotopic (exact) mass is 366 g/mol. The van der Waals surface area contributed by atoms with Crippen molar-refractivity contribution >= 4 is 5.91 Å². The maximum atomic E-state index is 13.3. The van der Waals surface area contributed by atoms with E-state index in [9.17, 15) is 4.79 Å². The second kappa shape index (κ2) is 9.56. The number of hydrogen-bond donors (Lipinski definition) is 1. The van der Waals surface area contributed by atoms with Gasteiger partial charge >= 0.3 is 0 Å². The van der Waals surface area contributed by atoms with E-state index in [4.69, 9.17) is 4.74 Å². The van der Waals surface area contributed by atoms with Gasteiger partial charge in [0.2, 0.25) is 0 Å². The number of nitrogens with zero attached hydrogens (tertiary/aromatic N) is 1. The summed E-state index contributed by atoms with van der Waals surface area (Å²) in [6.07, 6.45) is 2.48. The van der Waals surface area contributed by atoms with Crippen LogP contribution in [0.5, 0.6) is 5.75 Å². The van der Waals surface area contributed by atoms with Gasteiger partial charge in [-0.25, -0.2) is 0 Å². The standard InChI is InChI=1S/C23H30N2O2/c1-3-22(27-21-12-5-4-6-13-21)23(26)25(17-20-11-8-14-24-20)16-19-10-7-9-18(2)15-19/h4-7,9-10,12-13,15,20,22,24H,3,8,11,14,16-17H2,1-2H3/t20-,22?/m1/s1. The molecule has 144 valence electrons. The minimum Gasteiger partial charge on any atom is -0.481 e. The van der Waals surface area contributed by atoms with Crippen molar-refractivity contribution in [3.8, 4) is 5.75 Å². The number of carbonyl (C=O) groups is 1. The Labute approximate surface area is 162 Å². The van der Waals surface area contributed by atoms with Gasteiger partial charge in [-0.3, -0.25) is 4.79 Å². The fourth-order valence-corrected chi connectivity index (χ4v) is 3.62. The van der Waals surface area contributed by atoms with Crippen molar-refractivity contribution < 1.29 is 9.53 Å². The first-order chi connectivity index (χ1) is 13.2. The van der Waals surface area contributed by atoms with Gasteiger partial charge in [0.1, 0.15) is 5.75 Å². The third-order valence-corrected chi connectivity index (χ3v) is 5.04. The number of carbonyl (C=O) groups excluding carboxylic acids is 1. The summed E-state index contributed by atoms with van der Waals surface area (Å²) in [5, 5.41) is 3.51. The van der Waals surface area contributed by atoms with Crippen LogP contribution in [0, 0.1) is 6.92 Å². The van der Waals surface area contributed by atoms with Crippen molar-refractivity contribution in [2.45, 2.75) is 51.8 Å². The molecule has 0 saturated carbocycles. The van der Waals surface area contributed by atoms with Crippen molar-refractivity contribution in [1.82, 2.24) is 10.2 Å². The van der Waals surface area contributed by atoms with Crippen molar-refractivity contribution in [3.05, 3.63) is 65.7 Å². The Balaban J connectivity index is 1.75. The molecule has 0 bridgehead atoms. The van der Waals surface area contributed by atoms with Crippen LogP contribution in [0.15, 0.2) is 54.6 Å². The molecule has 1 aliphatic rings. The Morgan fingerprint density at radius 1 is 1.22 bits per heavy atom. The van der Waals surface area contributed by atoms with Crippen LogP contribution in [-0.2, 0) is 11.3 Å². The molecule has 27 heavy (non-hydrogen) atoms. The van der Waals surface area contributed by atoms with E-state index in [1.165, 1.54) is 12.0 Å². The fraction of sp³-hybridized carbons (Fsp3) is 0.435. The van der Waals surface area contributed by atoms with E-state index in [0.29, 0.717) is 19.0 Å². The zero-order chi connectivity index (χ0) is 19.1. The van der Waals surface area contributed by atoms with E-state index in [2.05, 4.69) is 36.5 Å². The molecule has 3 rings (SSSR count).